The lowest BCUT2D eigenvalue weighted by atomic mass is 9.94. The summed E-state index contributed by atoms with van der Waals surface area (Å²) in [6.45, 7) is 12.9. The van der Waals surface area contributed by atoms with Crippen LogP contribution in [0.5, 0.6) is 0 Å². The summed E-state index contributed by atoms with van der Waals surface area (Å²) < 4.78 is 10.6. The predicted molar refractivity (Wildman–Crippen MR) is 162 cm³/mol. The Labute approximate surface area is 244 Å². The SMILES string of the molecule is CCc1cc2[nH]c(SOC(=O)CCC(=O)OSc3nc4c(CC)c(CC)c(CC)cc4[nH]3)nc2c(CC)c1CC. The van der Waals surface area contributed by atoms with Crippen LogP contribution in [0.25, 0.3) is 22.1 Å². The Kier molecular flexibility index (Phi) is 10.2. The first-order valence-electron chi connectivity index (χ1n) is 14.2. The lowest BCUT2D eigenvalue weighted by Crippen LogP contribution is -2.05. The molecule has 0 bridgehead atoms. The van der Waals surface area contributed by atoms with Gasteiger partial charge >= 0.3 is 11.9 Å². The number of nitrogens with one attached hydrogen (secondary N) is 2. The van der Waals surface area contributed by atoms with E-state index >= 15 is 0 Å². The van der Waals surface area contributed by atoms with Gasteiger partial charge < -0.3 is 18.3 Å². The number of aromatic nitrogens is 4. The van der Waals surface area contributed by atoms with Crippen molar-refractivity contribution in [3.05, 3.63) is 45.5 Å². The number of hydrogen-bond acceptors (Lipinski definition) is 8. The minimum atomic E-state index is -0.512. The Balaban J connectivity index is 1.31. The first kappa shape index (κ1) is 30.0. The van der Waals surface area contributed by atoms with Crippen molar-refractivity contribution in [3.8, 4) is 0 Å². The summed E-state index contributed by atoms with van der Waals surface area (Å²) in [5.41, 5.74) is 11.5. The van der Waals surface area contributed by atoms with Gasteiger partial charge in [0, 0.05) is 0 Å². The van der Waals surface area contributed by atoms with Gasteiger partial charge in [0.25, 0.3) is 0 Å². The van der Waals surface area contributed by atoms with E-state index in [4.69, 9.17) is 8.37 Å². The first-order chi connectivity index (χ1) is 19.4. The minimum Gasteiger partial charge on any atom is -0.383 e. The monoisotopic (exact) mass is 582 g/mol. The second-order valence-corrected chi connectivity index (χ2v) is 11.0. The molecule has 2 aromatic heterocycles. The van der Waals surface area contributed by atoms with Crippen molar-refractivity contribution >= 4 is 58.1 Å². The van der Waals surface area contributed by atoms with Gasteiger partial charge in [0.05, 0.1) is 34.9 Å². The Morgan fingerprint density at radius 2 is 1.00 bits per heavy atom. The van der Waals surface area contributed by atoms with E-state index in [0.717, 1.165) is 84.7 Å². The molecule has 0 aliphatic carbocycles. The van der Waals surface area contributed by atoms with Gasteiger partial charge in [-0.05, 0) is 84.0 Å². The highest BCUT2D eigenvalue weighted by Crippen LogP contribution is 2.31. The fourth-order valence-electron chi connectivity index (χ4n) is 5.41. The molecule has 10 heteroatoms. The molecule has 2 N–H and O–H groups in total. The molecule has 0 radical (unpaired) electrons. The smallest absolute Gasteiger partial charge is 0.318 e. The van der Waals surface area contributed by atoms with Crippen molar-refractivity contribution in [1.29, 1.82) is 0 Å². The summed E-state index contributed by atoms with van der Waals surface area (Å²) in [7, 11) is 0. The summed E-state index contributed by atoms with van der Waals surface area (Å²) in [5, 5.41) is 1.03. The molecule has 0 atom stereocenters. The third-order valence-electron chi connectivity index (χ3n) is 7.27. The van der Waals surface area contributed by atoms with E-state index in [-0.39, 0.29) is 12.8 Å². The van der Waals surface area contributed by atoms with Crippen LogP contribution in [0.4, 0.5) is 0 Å². The maximum Gasteiger partial charge on any atom is 0.318 e. The number of H-pyrrole nitrogens is 2. The normalized spacial score (nSPS) is 11.4. The molecule has 8 nitrogen and oxygen atoms in total. The molecular weight excluding hydrogens is 544 g/mol. The molecule has 0 fully saturated rings. The maximum absolute atomic E-state index is 12.3. The number of aryl methyl sites for hydroxylation is 4. The van der Waals surface area contributed by atoms with Crippen LogP contribution >= 0.6 is 24.1 Å². The first-order valence-corrected chi connectivity index (χ1v) is 15.7. The number of hydrogen-bond donors (Lipinski definition) is 2. The van der Waals surface area contributed by atoms with Gasteiger partial charge in [-0.2, -0.15) is 0 Å². The topological polar surface area (TPSA) is 110 Å². The Hall–Kier alpha value is -2.98. The molecule has 4 aromatic rings. The largest absolute Gasteiger partial charge is 0.383 e. The van der Waals surface area contributed by atoms with Gasteiger partial charge in [-0.25, -0.2) is 9.97 Å². The second kappa shape index (κ2) is 13.6. The van der Waals surface area contributed by atoms with Gasteiger partial charge in [0.15, 0.2) is 0 Å². The van der Waals surface area contributed by atoms with Crippen molar-refractivity contribution in [3.63, 3.8) is 0 Å². The number of carbonyl (C=O) groups is 2. The fourth-order valence-corrected chi connectivity index (χ4v) is 6.48. The third-order valence-corrected chi connectivity index (χ3v) is 8.51. The molecule has 0 spiro atoms. The van der Waals surface area contributed by atoms with E-state index in [2.05, 4.69) is 73.6 Å². The van der Waals surface area contributed by atoms with Gasteiger partial charge in [0.1, 0.15) is 24.1 Å². The number of carbonyl (C=O) groups excluding carboxylic acids is 2. The number of fused-ring (bicyclic) bond motifs is 2. The number of nitrogens with zero attached hydrogens (tertiary/aromatic N) is 2. The molecule has 0 amide bonds. The number of rotatable bonds is 13. The van der Waals surface area contributed by atoms with Crippen molar-refractivity contribution in [1.82, 2.24) is 19.9 Å². The van der Waals surface area contributed by atoms with Crippen molar-refractivity contribution < 1.29 is 18.0 Å². The average molecular weight is 583 g/mol. The van der Waals surface area contributed by atoms with Crippen molar-refractivity contribution in [2.24, 2.45) is 0 Å². The summed E-state index contributed by atoms with van der Waals surface area (Å²) in [6.07, 6.45) is 5.40. The van der Waals surface area contributed by atoms with E-state index < -0.39 is 11.9 Å². The average Bonchev–Trinajstić information content (AvgIpc) is 3.58. The molecule has 0 saturated carbocycles. The zero-order valence-electron chi connectivity index (χ0n) is 24.2. The quantitative estimate of drug-likeness (QED) is 0.157. The molecule has 4 rings (SSSR count). The molecule has 40 heavy (non-hydrogen) atoms. The van der Waals surface area contributed by atoms with Crippen LogP contribution in [-0.2, 0) is 56.5 Å². The summed E-state index contributed by atoms with van der Waals surface area (Å²) in [4.78, 5) is 40.5. The Morgan fingerprint density at radius 1 is 0.625 bits per heavy atom. The molecular formula is C30H38N4O4S2. The molecule has 2 heterocycles. The van der Waals surface area contributed by atoms with Gasteiger partial charge in [-0.1, -0.05) is 41.5 Å². The van der Waals surface area contributed by atoms with Crippen molar-refractivity contribution in [2.75, 3.05) is 0 Å². The zero-order valence-corrected chi connectivity index (χ0v) is 25.8. The van der Waals surface area contributed by atoms with Crippen LogP contribution in [0.2, 0.25) is 0 Å². The standard InChI is InChI=1S/C30H38N4O4S2/c1-7-17-15-23-27(21(11-5)19(17)9-3)33-29(31-23)39-37-25(35)13-14-26(36)38-40-30-32-24-16-18(8-2)20(10-4)22(12-6)28(24)34-30/h15-16H,7-14H2,1-6H3,(H,31,33)(H,32,34). The van der Waals surface area contributed by atoms with Crippen LogP contribution in [0.1, 0.15) is 87.8 Å². The minimum absolute atomic E-state index is 0.0906. The van der Waals surface area contributed by atoms with Crippen LogP contribution in [0.3, 0.4) is 0 Å². The highest BCUT2D eigenvalue weighted by Gasteiger charge is 2.18. The van der Waals surface area contributed by atoms with Gasteiger partial charge in [-0.15, -0.1) is 0 Å². The number of benzene rings is 2. The Morgan fingerprint density at radius 3 is 1.32 bits per heavy atom. The predicted octanol–water partition coefficient (Wildman–Crippen LogP) is 7.39. The molecule has 0 aliphatic rings. The third kappa shape index (κ3) is 6.33. The second-order valence-electron chi connectivity index (χ2n) is 9.56. The van der Waals surface area contributed by atoms with E-state index in [9.17, 15) is 9.59 Å². The van der Waals surface area contributed by atoms with Crippen molar-refractivity contribution in [2.45, 2.75) is 103 Å². The summed E-state index contributed by atoms with van der Waals surface area (Å²) in [6, 6.07) is 4.27. The molecule has 214 valence electrons. The lowest BCUT2D eigenvalue weighted by Gasteiger charge is -2.12. The van der Waals surface area contributed by atoms with Gasteiger partial charge in [-0.3, -0.25) is 9.59 Å². The molecule has 0 aliphatic heterocycles. The number of imidazole rings is 2. The van der Waals surface area contributed by atoms with E-state index in [1.54, 1.807) is 0 Å². The van der Waals surface area contributed by atoms with Crippen LogP contribution in [0, 0.1) is 0 Å². The van der Waals surface area contributed by atoms with Gasteiger partial charge in [0.2, 0.25) is 10.3 Å². The molecule has 2 aromatic carbocycles. The highest BCUT2D eigenvalue weighted by atomic mass is 32.2. The Bertz CT molecular complexity index is 1410. The molecule has 0 unspecified atom stereocenters. The zero-order chi connectivity index (χ0) is 28.8. The van der Waals surface area contributed by atoms with E-state index in [0.29, 0.717) is 10.3 Å². The van der Waals surface area contributed by atoms with Crippen LogP contribution in [0.15, 0.2) is 22.4 Å². The summed E-state index contributed by atoms with van der Waals surface area (Å²) in [5.74, 6) is -1.02. The fraction of sp³-hybridized carbons (Fsp3) is 0.467. The van der Waals surface area contributed by atoms with E-state index in [1.165, 1.54) is 33.4 Å². The lowest BCUT2D eigenvalue weighted by molar-refractivity contribution is -0.139. The number of aromatic amines is 2. The molecule has 0 saturated heterocycles. The van der Waals surface area contributed by atoms with E-state index in [1.807, 2.05) is 0 Å². The van der Waals surface area contributed by atoms with Crippen LogP contribution < -0.4 is 0 Å². The van der Waals surface area contributed by atoms with Crippen LogP contribution in [-0.4, -0.2) is 31.9 Å². The summed E-state index contributed by atoms with van der Waals surface area (Å²) >= 11 is 1.77. The maximum atomic E-state index is 12.3. The highest BCUT2D eigenvalue weighted by molar-refractivity contribution is 7.95.